The number of hydrogen-bond donors (Lipinski definition) is 1. The molecule has 1 fully saturated rings. The second-order valence-corrected chi connectivity index (χ2v) is 7.22. The zero-order valence-electron chi connectivity index (χ0n) is 15.4. The van der Waals surface area contributed by atoms with Crippen LogP contribution in [0.25, 0.3) is 6.08 Å². The summed E-state index contributed by atoms with van der Waals surface area (Å²) in [4.78, 5) is 26.1. The highest BCUT2D eigenvalue weighted by atomic mass is 35.5. The molecule has 0 unspecified atom stereocenters. The molecule has 1 aliphatic heterocycles. The standard InChI is InChI=1S/C22H22ClFN2O2/c23-19-7-3-1-5-17(19)9-10-21(27)25-15-16-11-13-26(14-12-16)22(28)18-6-2-4-8-20(18)24/h1-10,16H,11-15H2,(H,25,27)/b10-9+. The fourth-order valence-electron chi connectivity index (χ4n) is 3.22. The number of nitrogens with zero attached hydrogens (tertiary/aromatic N) is 1. The number of hydrogen-bond acceptors (Lipinski definition) is 2. The Kier molecular flexibility index (Phi) is 6.82. The summed E-state index contributed by atoms with van der Waals surface area (Å²) in [5, 5.41) is 3.49. The van der Waals surface area contributed by atoms with Crippen LogP contribution in [0.2, 0.25) is 5.02 Å². The van der Waals surface area contributed by atoms with E-state index in [1.807, 2.05) is 18.2 Å². The Balaban J connectivity index is 1.44. The van der Waals surface area contributed by atoms with Crippen LogP contribution in [0.4, 0.5) is 4.39 Å². The number of carbonyl (C=O) groups excluding carboxylic acids is 2. The van der Waals surface area contributed by atoms with Crippen molar-refractivity contribution in [2.45, 2.75) is 12.8 Å². The van der Waals surface area contributed by atoms with Crippen molar-refractivity contribution in [1.82, 2.24) is 10.2 Å². The maximum atomic E-state index is 13.8. The van der Waals surface area contributed by atoms with E-state index in [9.17, 15) is 14.0 Å². The van der Waals surface area contributed by atoms with E-state index >= 15 is 0 Å². The lowest BCUT2D eigenvalue weighted by Gasteiger charge is -2.32. The summed E-state index contributed by atoms with van der Waals surface area (Å²) >= 11 is 6.06. The molecule has 0 atom stereocenters. The summed E-state index contributed by atoms with van der Waals surface area (Å²) in [6, 6.07) is 13.4. The van der Waals surface area contributed by atoms with Crippen molar-refractivity contribution in [3.05, 3.63) is 76.6 Å². The minimum atomic E-state index is -0.493. The minimum absolute atomic E-state index is 0.110. The average Bonchev–Trinajstić information content (AvgIpc) is 2.72. The Hall–Kier alpha value is -2.66. The van der Waals surface area contributed by atoms with Gasteiger partial charge < -0.3 is 10.2 Å². The molecule has 1 N–H and O–H groups in total. The highest BCUT2D eigenvalue weighted by Crippen LogP contribution is 2.20. The largest absolute Gasteiger partial charge is 0.352 e. The molecule has 0 radical (unpaired) electrons. The van der Waals surface area contributed by atoms with Crippen LogP contribution >= 0.6 is 11.6 Å². The third-order valence-electron chi connectivity index (χ3n) is 4.89. The smallest absolute Gasteiger partial charge is 0.256 e. The van der Waals surface area contributed by atoms with Crippen LogP contribution in [0.1, 0.15) is 28.8 Å². The summed E-state index contributed by atoms with van der Waals surface area (Å²) < 4.78 is 13.8. The molecule has 3 rings (SSSR count). The Morgan fingerprint density at radius 1 is 1.11 bits per heavy atom. The van der Waals surface area contributed by atoms with Gasteiger partial charge in [0, 0.05) is 30.7 Å². The van der Waals surface area contributed by atoms with Gasteiger partial charge in [0.05, 0.1) is 5.56 Å². The van der Waals surface area contributed by atoms with Gasteiger partial charge in [0.1, 0.15) is 5.82 Å². The quantitative estimate of drug-likeness (QED) is 0.766. The SMILES string of the molecule is O=C(/C=C/c1ccccc1Cl)NCC1CCN(C(=O)c2ccccc2F)CC1. The molecule has 0 aromatic heterocycles. The average molecular weight is 401 g/mol. The number of nitrogens with one attached hydrogen (secondary N) is 1. The molecular weight excluding hydrogens is 379 g/mol. The van der Waals surface area contributed by atoms with Gasteiger partial charge in [0.2, 0.25) is 5.91 Å². The fraction of sp³-hybridized carbons (Fsp3) is 0.273. The van der Waals surface area contributed by atoms with E-state index < -0.39 is 5.82 Å². The first-order valence-corrected chi connectivity index (χ1v) is 9.66. The monoisotopic (exact) mass is 400 g/mol. The van der Waals surface area contributed by atoms with Crippen molar-refractivity contribution in [1.29, 1.82) is 0 Å². The van der Waals surface area contributed by atoms with E-state index in [-0.39, 0.29) is 17.4 Å². The lowest BCUT2D eigenvalue weighted by Crippen LogP contribution is -2.41. The highest BCUT2D eigenvalue weighted by molar-refractivity contribution is 6.32. The lowest BCUT2D eigenvalue weighted by atomic mass is 9.96. The molecule has 1 aliphatic rings. The molecule has 0 spiro atoms. The number of amides is 2. The van der Waals surface area contributed by atoms with Crippen LogP contribution in [-0.2, 0) is 4.79 Å². The second kappa shape index (κ2) is 9.51. The Labute approximate surface area is 169 Å². The third kappa shape index (κ3) is 5.20. The topological polar surface area (TPSA) is 49.4 Å². The maximum Gasteiger partial charge on any atom is 0.256 e. The van der Waals surface area contributed by atoms with E-state index in [1.54, 1.807) is 29.2 Å². The second-order valence-electron chi connectivity index (χ2n) is 6.82. The van der Waals surface area contributed by atoms with Crippen molar-refractivity contribution in [3.63, 3.8) is 0 Å². The van der Waals surface area contributed by atoms with Gasteiger partial charge >= 0.3 is 0 Å². The zero-order valence-corrected chi connectivity index (χ0v) is 16.2. The van der Waals surface area contributed by atoms with Crippen LogP contribution in [0, 0.1) is 11.7 Å². The number of carbonyl (C=O) groups is 2. The summed E-state index contributed by atoms with van der Waals surface area (Å²) in [6.45, 7) is 1.67. The molecule has 2 aromatic carbocycles. The van der Waals surface area contributed by atoms with E-state index in [1.165, 1.54) is 18.2 Å². The molecule has 28 heavy (non-hydrogen) atoms. The van der Waals surface area contributed by atoms with Crippen molar-refractivity contribution in [2.24, 2.45) is 5.92 Å². The molecule has 0 bridgehead atoms. The zero-order chi connectivity index (χ0) is 19.9. The van der Waals surface area contributed by atoms with Crippen molar-refractivity contribution in [2.75, 3.05) is 19.6 Å². The molecule has 6 heteroatoms. The highest BCUT2D eigenvalue weighted by Gasteiger charge is 2.25. The number of halogens is 2. The van der Waals surface area contributed by atoms with E-state index in [0.29, 0.717) is 30.6 Å². The maximum absolute atomic E-state index is 13.8. The van der Waals surface area contributed by atoms with Crippen LogP contribution in [0.5, 0.6) is 0 Å². The van der Waals surface area contributed by atoms with Crippen LogP contribution in [0.3, 0.4) is 0 Å². The van der Waals surface area contributed by atoms with Crippen molar-refractivity contribution in [3.8, 4) is 0 Å². The summed E-state index contributed by atoms with van der Waals surface area (Å²) in [5.41, 5.74) is 0.901. The number of piperidine rings is 1. The molecule has 1 heterocycles. The normalized spacial score (nSPS) is 15.0. The molecule has 2 aromatic rings. The Morgan fingerprint density at radius 3 is 2.50 bits per heavy atom. The number of likely N-dealkylation sites (tertiary alicyclic amines) is 1. The predicted molar refractivity (Wildman–Crippen MR) is 109 cm³/mol. The predicted octanol–water partition coefficient (Wildman–Crippen LogP) is 4.16. The summed E-state index contributed by atoms with van der Waals surface area (Å²) in [7, 11) is 0. The van der Waals surface area contributed by atoms with Gasteiger partial charge in [-0.3, -0.25) is 9.59 Å². The van der Waals surface area contributed by atoms with E-state index in [2.05, 4.69) is 5.32 Å². The Morgan fingerprint density at radius 2 is 1.79 bits per heavy atom. The van der Waals surface area contributed by atoms with E-state index in [0.717, 1.165) is 18.4 Å². The van der Waals surface area contributed by atoms with Gasteiger partial charge in [-0.05, 0) is 48.6 Å². The fourth-order valence-corrected chi connectivity index (χ4v) is 3.42. The van der Waals surface area contributed by atoms with Crippen LogP contribution < -0.4 is 5.32 Å². The molecule has 0 saturated carbocycles. The molecule has 2 amide bonds. The van der Waals surface area contributed by atoms with Crippen LogP contribution in [-0.4, -0.2) is 36.3 Å². The van der Waals surface area contributed by atoms with E-state index in [4.69, 9.17) is 11.6 Å². The van der Waals surface area contributed by atoms with Gasteiger partial charge in [-0.25, -0.2) is 4.39 Å². The molecule has 0 aliphatic carbocycles. The minimum Gasteiger partial charge on any atom is -0.352 e. The first-order valence-electron chi connectivity index (χ1n) is 9.29. The first-order chi connectivity index (χ1) is 13.5. The number of benzene rings is 2. The molecule has 4 nitrogen and oxygen atoms in total. The molecule has 1 saturated heterocycles. The summed E-state index contributed by atoms with van der Waals surface area (Å²) in [6.07, 6.45) is 4.70. The molecule has 146 valence electrons. The van der Waals surface area contributed by atoms with Crippen LogP contribution in [0.15, 0.2) is 54.6 Å². The summed E-state index contributed by atoms with van der Waals surface area (Å²) in [5.74, 6) is -0.650. The van der Waals surface area contributed by atoms with Gasteiger partial charge in [-0.15, -0.1) is 0 Å². The van der Waals surface area contributed by atoms with Crippen molar-refractivity contribution < 1.29 is 14.0 Å². The third-order valence-corrected chi connectivity index (χ3v) is 5.23. The number of rotatable bonds is 5. The van der Waals surface area contributed by atoms with Gasteiger partial charge in [-0.1, -0.05) is 41.9 Å². The van der Waals surface area contributed by atoms with Gasteiger partial charge in [-0.2, -0.15) is 0 Å². The first kappa shape index (κ1) is 20.1. The molecular formula is C22H22ClFN2O2. The van der Waals surface area contributed by atoms with Gasteiger partial charge in [0.15, 0.2) is 0 Å². The Bertz CT molecular complexity index is 876. The van der Waals surface area contributed by atoms with Gasteiger partial charge in [0.25, 0.3) is 5.91 Å². The lowest BCUT2D eigenvalue weighted by molar-refractivity contribution is -0.116. The van der Waals surface area contributed by atoms with Crippen molar-refractivity contribution >= 4 is 29.5 Å².